The van der Waals surface area contributed by atoms with Crippen molar-refractivity contribution in [2.75, 3.05) is 26.2 Å². The highest BCUT2D eigenvalue weighted by Crippen LogP contribution is 2.31. The van der Waals surface area contributed by atoms with Gasteiger partial charge in [0.25, 0.3) is 0 Å². The lowest BCUT2D eigenvalue weighted by Crippen LogP contribution is -2.48. The molecule has 3 rings (SSSR count). The van der Waals surface area contributed by atoms with Crippen LogP contribution in [0.1, 0.15) is 38.5 Å². The molecule has 1 saturated carbocycles. The maximum atomic E-state index is 12.1. The van der Waals surface area contributed by atoms with Crippen molar-refractivity contribution in [3.8, 4) is 0 Å². The average molecular weight is 251 g/mol. The van der Waals surface area contributed by atoms with Crippen LogP contribution in [0.4, 0.5) is 0 Å². The fourth-order valence-electron chi connectivity index (χ4n) is 3.47. The zero-order valence-corrected chi connectivity index (χ0v) is 11.2. The summed E-state index contributed by atoms with van der Waals surface area (Å²) in [5.74, 6) is 0.469. The lowest BCUT2D eigenvalue weighted by atomic mass is 9.99. The summed E-state index contributed by atoms with van der Waals surface area (Å²) in [6, 6.07) is 0.875. The van der Waals surface area contributed by atoms with Gasteiger partial charge in [0.1, 0.15) is 0 Å². The van der Waals surface area contributed by atoms with Crippen LogP contribution in [0.15, 0.2) is 0 Å². The smallest absolute Gasteiger partial charge is 0.227 e. The molecule has 102 valence electrons. The maximum absolute atomic E-state index is 12.1. The molecule has 18 heavy (non-hydrogen) atoms. The first-order chi connectivity index (χ1) is 8.75. The number of carbonyl (C=O) groups excluding carboxylic acids is 1. The molecule has 2 aliphatic heterocycles. The molecule has 1 amide bonds. The minimum Gasteiger partial charge on any atom is -0.342 e. The second-order valence-corrected chi connectivity index (χ2v) is 6.16. The first kappa shape index (κ1) is 12.4. The van der Waals surface area contributed by atoms with Crippen molar-refractivity contribution >= 4 is 5.91 Å². The van der Waals surface area contributed by atoms with E-state index in [1.807, 2.05) is 0 Å². The van der Waals surface area contributed by atoms with E-state index in [1.165, 1.54) is 32.4 Å². The summed E-state index contributed by atoms with van der Waals surface area (Å²) >= 11 is 0. The van der Waals surface area contributed by atoms with Crippen molar-refractivity contribution in [1.29, 1.82) is 0 Å². The Kier molecular flexibility index (Phi) is 3.57. The number of likely N-dealkylation sites (tertiary alicyclic amines) is 2. The zero-order valence-electron chi connectivity index (χ0n) is 11.2. The molecule has 0 aromatic heterocycles. The number of carbonyl (C=O) groups is 1. The van der Waals surface area contributed by atoms with E-state index in [1.54, 1.807) is 0 Å². The predicted octanol–water partition coefficient (Wildman–Crippen LogP) is 0.810. The highest BCUT2D eigenvalue weighted by molar-refractivity contribution is 5.82. The third-order valence-electron chi connectivity index (χ3n) is 4.84. The molecular formula is C14H25N3O. The molecule has 3 fully saturated rings. The number of nitrogens with zero attached hydrogens (tertiary/aromatic N) is 2. The van der Waals surface area contributed by atoms with Gasteiger partial charge in [-0.3, -0.25) is 4.79 Å². The van der Waals surface area contributed by atoms with Crippen LogP contribution in [0.5, 0.6) is 0 Å². The van der Waals surface area contributed by atoms with Gasteiger partial charge in [0.05, 0.1) is 5.92 Å². The first-order valence-corrected chi connectivity index (χ1v) is 7.54. The third-order valence-corrected chi connectivity index (χ3v) is 4.84. The van der Waals surface area contributed by atoms with E-state index < -0.39 is 0 Å². The Hall–Kier alpha value is -0.610. The van der Waals surface area contributed by atoms with Gasteiger partial charge in [-0.05, 0) is 45.2 Å². The molecule has 0 aromatic carbocycles. The van der Waals surface area contributed by atoms with Gasteiger partial charge in [-0.15, -0.1) is 0 Å². The summed E-state index contributed by atoms with van der Waals surface area (Å²) in [4.78, 5) is 16.8. The van der Waals surface area contributed by atoms with Crippen LogP contribution in [0.25, 0.3) is 0 Å². The molecule has 1 aliphatic carbocycles. The van der Waals surface area contributed by atoms with Crippen molar-refractivity contribution < 1.29 is 4.79 Å². The van der Waals surface area contributed by atoms with Gasteiger partial charge in [0.15, 0.2) is 0 Å². The number of rotatable bonds is 2. The first-order valence-electron chi connectivity index (χ1n) is 7.54. The average Bonchev–Trinajstić information content (AvgIpc) is 3.16. The summed E-state index contributed by atoms with van der Waals surface area (Å²) in [5, 5.41) is 0. The van der Waals surface area contributed by atoms with E-state index in [9.17, 15) is 4.79 Å². The summed E-state index contributed by atoms with van der Waals surface area (Å²) in [5.41, 5.74) is 5.76. The van der Waals surface area contributed by atoms with Crippen molar-refractivity contribution in [2.24, 2.45) is 11.7 Å². The minimum absolute atomic E-state index is 0.150. The Bertz CT molecular complexity index is 306. The van der Waals surface area contributed by atoms with E-state index in [4.69, 9.17) is 5.73 Å². The number of nitrogens with two attached hydrogens (primary N) is 1. The van der Waals surface area contributed by atoms with Crippen molar-refractivity contribution in [3.63, 3.8) is 0 Å². The lowest BCUT2D eigenvalue weighted by Gasteiger charge is -2.40. The van der Waals surface area contributed by atoms with Gasteiger partial charge in [0.2, 0.25) is 5.91 Å². The number of amides is 1. The maximum Gasteiger partial charge on any atom is 0.227 e. The number of hydrogen-bond donors (Lipinski definition) is 1. The van der Waals surface area contributed by atoms with Crippen LogP contribution in [-0.2, 0) is 4.79 Å². The lowest BCUT2D eigenvalue weighted by molar-refractivity contribution is -0.134. The molecule has 0 radical (unpaired) electrons. The summed E-state index contributed by atoms with van der Waals surface area (Å²) in [6.07, 6.45) is 7.34. The molecule has 2 atom stereocenters. The molecule has 0 bridgehead atoms. The van der Waals surface area contributed by atoms with Crippen molar-refractivity contribution in [3.05, 3.63) is 0 Å². The fraction of sp³-hybridized carbons (Fsp3) is 0.929. The number of piperidine rings is 2. The molecule has 2 heterocycles. The Morgan fingerprint density at radius 3 is 2.17 bits per heavy atom. The van der Waals surface area contributed by atoms with Gasteiger partial charge in [0, 0.05) is 25.2 Å². The van der Waals surface area contributed by atoms with Crippen LogP contribution in [-0.4, -0.2) is 54.0 Å². The molecule has 3 aliphatic rings. The van der Waals surface area contributed by atoms with E-state index >= 15 is 0 Å². The quantitative estimate of drug-likeness (QED) is 0.790. The van der Waals surface area contributed by atoms with Crippen LogP contribution in [0.2, 0.25) is 0 Å². The largest absolute Gasteiger partial charge is 0.342 e. The molecule has 0 aromatic rings. The molecule has 0 spiro atoms. The number of hydrogen-bond acceptors (Lipinski definition) is 3. The highest BCUT2D eigenvalue weighted by atomic mass is 16.2. The molecule has 4 heteroatoms. The van der Waals surface area contributed by atoms with Gasteiger partial charge >= 0.3 is 0 Å². The second-order valence-electron chi connectivity index (χ2n) is 6.16. The molecular weight excluding hydrogens is 226 g/mol. The van der Waals surface area contributed by atoms with Gasteiger partial charge in [-0.25, -0.2) is 0 Å². The highest BCUT2D eigenvalue weighted by Gasteiger charge is 2.43. The Labute approximate surface area is 109 Å². The normalized spacial score (nSPS) is 34.6. The van der Waals surface area contributed by atoms with Gasteiger partial charge in [-0.1, -0.05) is 6.42 Å². The van der Waals surface area contributed by atoms with Crippen molar-refractivity contribution in [1.82, 2.24) is 9.80 Å². The Morgan fingerprint density at radius 2 is 1.61 bits per heavy atom. The monoisotopic (exact) mass is 251 g/mol. The molecule has 4 nitrogen and oxygen atoms in total. The fourth-order valence-corrected chi connectivity index (χ4v) is 3.47. The molecule has 2 N–H and O–H groups in total. The summed E-state index contributed by atoms with van der Waals surface area (Å²) in [7, 11) is 0. The topological polar surface area (TPSA) is 49.6 Å². The van der Waals surface area contributed by atoms with E-state index in [2.05, 4.69) is 9.80 Å². The Balaban J connectivity index is 1.47. The zero-order chi connectivity index (χ0) is 12.5. The second kappa shape index (κ2) is 5.17. The van der Waals surface area contributed by atoms with Crippen LogP contribution < -0.4 is 5.73 Å². The van der Waals surface area contributed by atoms with Gasteiger partial charge in [-0.2, -0.15) is 0 Å². The molecule has 2 saturated heterocycles. The van der Waals surface area contributed by atoms with Gasteiger partial charge < -0.3 is 15.5 Å². The molecule has 2 unspecified atom stereocenters. The standard InChI is InChI=1S/C14H25N3O/c15-13-10-12(13)14(18)17-8-4-11(5-9-17)16-6-2-1-3-7-16/h11-13H,1-10,15H2. The van der Waals surface area contributed by atoms with E-state index in [-0.39, 0.29) is 12.0 Å². The van der Waals surface area contributed by atoms with Crippen LogP contribution in [0.3, 0.4) is 0 Å². The summed E-state index contributed by atoms with van der Waals surface area (Å²) in [6.45, 7) is 4.44. The van der Waals surface area contributed by atoms with Crippen molar-refractivity contribution in [2.45, 2.75) is 50.6 Å². The SMILES string of the molecule is NC1CC1C(=O)N1CCC(N2CCCCC2)CC1. The third kappa shape index (κ3) is 2.54. The van der Waals surface area contributed by atoms with E-state index in [0.29, 0.717) is 5.91 Å². The van der Waals surface area contributed by atoms with Crippen LogP contribution >= 0.6 is 0 Å². The van der Waals surface area contributed by atoms with E-state index in [0.717, 1.165) is 38.4 Å². The Morgan fingerprint density at radius 1 is 1.00 bits per heavy atom. The van der Waals surface area contributed by atoms with Crippen LogP contribution in [0, 0.1) is 5.92 Å². The summed E-state index contributed by atoms with van der Waals surface area (Å²) < 4.78 is 0. The minimum atomic E-state index is 0.150. The predicted molar refractivity (Wildman–Crippen MR) is 71.1 cm³/mol.